The number of nitrogens with two attached hydrogens (primary N) is 1. The van der Waals surface area contributed by atoms with Crippen molar-refractivity contribution in [1.82, 2.24) is 10.6 Å². The van der Waals surface area contributed by atoms with Crippen LogP contribution in [0.3, 0.4) is 0 Å². The Balaban J connectivity index is 1.73. The molecule has 0 aromatic rings. The Labute approximate surface area is 95.1 Å². The number of hydrogen-bond donors (Lipinski definition) is 3. The summed E-state index contributed by atoms with van der Waals surface area (Å²) in [6.07, 6.45) is 3.44. The van der Waals surface area contributed by atoms with E-state index in [-0.39, 0.29) is 29.6 Å². The second-order valence-corrected chi connectivity index (χ2v) is 4.88. The minimum absolute atomic E-state index is 0.100. The smallest absolute Gasteiger partial charge is 0.223 e. The van der Waals surface area contributed by atoms with E-state index in [1.807, 2.05) is 0 Å². The molecule has 5 heteroatoms. The zero-order valence-corrected chi connectivity index (χ0v) is 9.42. The fourth-order valence-electron chi connectivity index (χ4n) is 2.63. The molecule has 1 unspecified atom stereocenters. The number of primary amides is 1. The van der Waals surface area contributed by atoms with Crippen molar-refractivity contribution >= 4 is 11.8 Å². The van der Waals surface area contributed by atoms with E-state index in [0.717, 1.165) is 32.4 Å². The molecule has 90 valence electrons. The number of carbonyl (C=O) groups excluding carboxylic acids is 2. The first-order valence-corrected chi connectivity index (χ1v) is 5.91. The van der Waals surface area contributed by atoms with Gasteiger partial charge in [-0.05, 0) is 37.8 Å². The quantitative estimate of drug-likeness (QED) is 0.595. The van der Waals surface area contributed by atoms with Crippen molar-refractivity contribution in [3.63, 3.8) is 0 Å². The summed E-state index contributed by atoms with van der Waals surface area (Å²) < 4.78 is 0. The van der Waals surface area contributed by atoms with Gasteiger partial charge in [0.25, 0.3) is 0 Å². The first-order chi connectivity index (χ1) is 7.64. The summed E-state index contributed by atoms with van der Waals surface area (Å²) in [7, 11) is 0. The van der Waals surface area contributed by atoms with Crippen LogP contribution in [0.1, 0.15) is 25.7 Å². The first-order valence-electron chi connectivity index (χ1n) is 5.91. The Morgan fingerprint density at radius 3 is 2.69 bits per heavy atom. The molecule has 1 spiro atoms. The van der Waals surface area contributed by atoms with Gasteiger partial charge in [0.1, 0.15) is 0 Å². The summed E-state index contributed by atoms with van der Waals surface area (Å²) in [4.78, 5) is 22.3. The van der Waals surface area contributed by atoms with Gasteiger partial charge in [-0.15, -0.1) is 0 Å². The van der Waals surface area contributed by atoms with Gasteiger partial charge in [-0.25, -0.2) is 0 Å². The molecule has 0 aromatic heterocycles. The highest BCUT2D eigenvalue weighted by Crippen LogP contribution is 2.58. The maximum absolute atomic E-state index is 11.8. The number of hydrogen-bond acceptors (Lipinski definition) is 3. The Kier molecular flexibility index (Phi) is 3.14. The molecule has 4 N–H and O–H groups in total. The van der Waals surface area contributed by atoms with Crippen LogP contribution >= 0.6 is 0 Å². The highest BCUT2D eigenvalue weighted by molar-refractivity contribution is 5.83. The van der Waals surface area contributed by atoms with Gasteiger partial charge in [0.05, 0.1) is 0 Å². The van der Waals surface area contributed by atoms with Crippen molar-refractivity contribution in [3.8, 4) is 0 Å². The number of rotatable bonds is 4. The van der Waals surface area contributed by atoms with E-state index in [1.165, 1.54) is 0 Å². The summed E-state index contributed by atoms with van der Waals surface area (Å²) in [5, 5.41) is 6.09. The molecule has 1 aliphatic carbocycles. The molecule has 1 saturated heterocycles. The van der Waals surface area contributed by atoms with E-state index in [1.54, 1.807) is 0 Å². The molecule has 0 radical (unpaired) electrons. The Bertz CT molecular complexity index is 298. The van der Waals surface area contributed by atoms with Crippen molar-refractivity contribution in [2.24, 2.45) is 17.1 Å². The molecular formula is C11H19N3O2. The molecule has 2 fully saturated rings. The van der Waals surface area contributed by atoms with Crippen molar-refractivity contribution < 1.29 is 9.59 Å². The zero-order valence-electron chi connectivity index (χ0n) is 9.42. The van der Waals surface area contributed by atoms with Crippen molar-refractivity contribution in [1.29, 1.82) is 0 Å². The lowest BCUT2D eigenvalue weighted by Crippen LogP contribution is -2.34. The van der Waals surface area contributed by atoms with Crippen LogP contribution in [0, 0.1) is 11.3 Å². The van der Waals surface area contributed by atoms with Gasteiger partial charge in [-0.1, -0.05) is 0 Å². The monoisotopic (exact) mass is 225 g/mol. The second-order valence-electron chi connectivity index (χ2n) is 4.88. The Morgan fingerprint density at radius 1 is 1.38 bits per heavy atom. The van der Waals surface area contributed by atoms with Crippen LogP contribution in [-0.4, -0.2) is 31.4 Å². The third kappa shape index (κ3) is 2.35. The molecule has 2 aliphatic rings. The topological polar surface area (TPSA) is 84.2 Å². The summed E-state index contributed by atoms with van der Waals surface area (Å²) in [6.45, 7) is 2.41. The molecule has 5 nitrogen and oxygen atoms in total. The lowest BCUT2D eigenvalue weighted by atomic mass is 9.92. The van der Waals surface area contributed by atoms with E-state index < -0.39 is 0 Å². The van der Waals surface area contributed by atoms with Crippen molar-refractivity contribution in [2.45, 2.75) is 25.7 Å². The summed E-state index contributed by atoms with van der Waals surface area (Å²) in [6, 6.07) is 0. The highest BCUT2D eigenvalue weighted by atomic mass is 16.2. The molecule has 2 amide bonds. The van der Waals surface area contributed by atoms with Gasteiger partial charge in [0, 0.05) is 18.9 Å². The normalized spacial score (nSPS) is 26.4. The van der Waals surface area contributed by atoms with Crippen LogP contribution in [0.2, 0.25) is 0 Å². The van der Waals surface area contributed by atoms with E-state index in [4.69, 9.17) is 5.73 Å². The molecule has 1 saturated carbocycles. The van der Waals surface area contributed by atoms with E-state index in [9.17, 15) is 9.59 Å². The Morgan fingerprint density at radius 2 is 2.06 bits per heavy atom. The SMILES string of the molecule is NC(=O)CCNC(=O)C1CC12CCNCC2. The molecular weight excluding hydrogens is 206 g/mol. The van der Waals surface area contributed by atoms with Crippen LogP contribution in [0.25, 0.3) is 0 Å². The Hall–Kier alpha value is -1.10. The van der Waals surface area contributed by atoms with Crippen LogP contribution in [-0.2, 0) is 9.59 Å². The van der Waals surface area contributed by atoms with E-state index >= 15 is 0 Å². The van der Waals surface area contributed by atoms with Gasteiger partial charge in [0.2, 0.25) is 11.8 Å². The molecule has 2 rings (SSSR count). The number of nitrogens with one attached hydrogen (secondary N) is 2. The average Bonchev–Trinajstić information content (AvgIpc) is 2.92. The van der Waals surface area contributed by atoms with Gasteiger partial charge in [0.15, 0.2) is 0 Å². The number of carbonyl (C=O) groups is 2. The third-order valence-corrected chi connectivity index (χ3v) is 3.78. The number of amides is 2. The molecule has 0 aromatic carbocycles. The van der Waals surface area contributed by atoms with Crippen molar-refractivity contribution in [3.05, 3.63) is 0 Å². The third-order valence-electron chi connectivity index (χ3n) is 3.78. The van der Waals surface area contributed by atoms with Gasteiger partial charge >= 0.3 is 0 Å². The second kappa shape index (κ2) is 4.41. The molecule has 0 bridgehead atoms. The summed E-state index contributed by atoms with van der Waals surface area (Å²) >= 11 is 0. The van der Waals surface area contributed by atoms with Gasteiger partial charge in [-0.2, -0.15) is 0 Å². The maximum atomic E-state index is 11.8. The van der Waals surface area contributed by atoms with Crippen LogP contribution < -0.4 is 16.4 Å². The largest absolute Gasteiger partial charge is 0.370 e. The lowest BCUT2D eigenvalue weighted by Gasteiger charge is -2.23. The predicted molar refractivity (Wildman–Crippen MR) is 59.5 cm³/mol. The van der Waals surface area contributed by atoms with Crippen LogP contribution in [0.15, 0.2) is 0 Å². The van der Waals surface area contributed by atoms with Gasteiger partial charge < -0.3 is 16.4 Å². The molecule has 16 heavy (non-hydrogen) atoms. The highest BCUT2D eigenvalue weighted by Gasteiger charge is 2.57. The maximum Gasteiger partial charge on any atom is 0.223 e. The van der Waals surface area contributed by atoms with E-state index in [0.29, 0.717) is 6.54 Å². The minimum atomic E-state index is -0.368. The number of piperidine rings is 1. The molecule has 1 atom stereocenters. The molecule has 1 aliphatic heterocycles. The molecule has 1 heterocycles. The van der Waals surface area contributed by atoms with Crippen LogP contribution in [0.4, 0.5) is 0 Å². The van der Waals surface area contributed by atoms with E-state index in [2.05, 4.69) is 10.6 Å². The first kappa shape index (κ1) is 11.4. The van der Waals surface area contributed by atoms with Crippen LogP contribution in [0.5, 0.6) is 0 Å². The predicted octanol–water partition coefficient (Wildman–Crippen LogP) is -0.632. The average molecular weight is 225 g/mol. The zero-order chi connectivity index (χ0) is 11.6. The summed E-state index contributed by atoms with van der Waals surface area (Å²) in [5.41, 5.74) is 5.27. The van der Waals surface area contributed by atoms with Crippen molar-refractivity contribution in [2.75, 3.05) is 19.6 Å². The summed E-state index contributed by atoms with van der Waals surface area (Å²) in [5.74, 6) is -0.0988. The fraction of sp³-hybridized carbons (Fsp3) is 0.818. The lowest BCUT2D eigenvalue weighted by molar-refractivity contribution is -0.123. The standard InChI is InChI=1S/C11H19N3O2/c12-9(15)1-4-14-10(16)8-7-11(8)2-5-13-6-3-11/h8,13H,1-7H2,(H2,12,15)(H,14,16). The fourth-order valence-corrected chi connectivity index (χ4v) is 2.63. The minimum Gasteiger partial charge on any atom is -0.370 e. The van der Waals surface area contributed by atoms with Gasteiger partial charge in [-0.3, -0.25) is 9.59 Å².